The molecule has 1 saturated heterocycles. The van der Waals surface area contributed by atoms with E-state index in [9.17, 15) is 5.11 Å². The van der Waals surface area contributed by atoms with Gasteiger partial charge in [-0.3, -0.25) is 4.90 Å². The predicted molar refractivity (Wildman–Crippen MR) is 53.8 cm³/mol. The standard InChI is InChI=1S/C11H17NO2/c1-9(13)10-4-5-12(7-10)8-11-3-2-6-14-11/h2-3,6,9-10,13H,4-5,7-8H2,1H3. The summed E-state index contributed by atoms with van der Waals surface area (Å²) in [7, 11) is 0. The van der Waals surface area contributed by atoms with E-state index in [-0.39, 0.29) is 6.10 Å². The Bertz CT molecular complexity index is 269. The molecule has 1 aromatic heterocycles. The number of nitrogens with zero attached hydrogens (tertiary/aromatic N) is 1. The van der Waals surface area contributed by atoms with Gasteiger partial charge < -0.3 is 9.52 Å². The van der Waals surface area contributed by atoms with Crippen LogP contribution in [0.2, 0.25) is 0 Å². The zero-order valence-electron chi connectivity index (χ0n) is 8.52. The Balaban J connectivity index is 1.84. The second-order valence-electron chi connectivity index (χ2n) is 4.10. The van der Waals surface area contributed by atoms with E-state index in [0.717, 1.165) is 31.8 Å². The number of hydrogen-bond acceptors (Lipinski definition) is 3. The summed E-state index contributed by atoms with van der Waals surface area (Å²) in [6, 6.07) is 3.91. The lowest BCUT2D eigenvalue weighted by atomic mass is 10.0. The number of hydrogen-bond donors (Lipinski definition) is 1. The second kappa shape index (κ2) is 4.15. The van der Waals surface area contributed by atoms with Crippen molar-refractivity contribution in [1.82, 2.24) is 4.90 Å². The monoisotopic (exact) mass is 195 g/mol. The number of furan rings is 1. The van der Waals surface area contributed by atoms with Crippen LogP contribution in [-0.2, 0) is 6.54 Å². The molecule has 2 rings (SSSR count). The molecule has 2 unspecified atom stereocenters. The van der Waals surface area contributed by atoms with Crippen molar-refractivity contribution in [3.05, 3.63) is 24.2 Å². The summed E-state index contributed by atoms with van der Waals surface area (Å²) in [6.07, 6.45) is 2.62. The Morgan fingerprint density at radius 3 is 3.14 bits per heavy atom. The van der Waals surface area contributed by atoms with Crippen LogP contribution in [0.5, 0.6) is 0 Å². The summed E-state index contributed by atoms with van der Waals surface area (Å²) < 4.78 is 5.29. The third-order valence-electron chi connectivity index (χ3n) is 2.95. The molecule has 14 heavy (non-hydrogen) atoms. The Kier molecular flexibility index (Phi) is 2.89. The third-order valence-corrected chi connectivity index (χ3v) is 2.95. The first-order valence-electron chi connectivity index (χ1n) is 5.18. The first kappa shape index (κ1) is 9.74. The Morgan fingerprint density at radius 1 is 1.71 bits per heavy atom. The van der Waals surface area contributed by atoms with Crippen molar-refractivity contribution >= 4 is 0 Å². The molecule has 0 aromatic carbocycles. The molecule has 1 aliphatic rings. The highest BCUT2D eigenvalue weighted by atomic mass is 16.3. The summed E-state index contributed by atoms with van der Waals surface area (Å²) in [4.78, 5) is 2.33. The van der Waals surface area contributed by atoms with Crippen molar-refractivity contribution in [3.8, 4) is 0 Å². The highest BCUT2D eigenvalue weighted by Gasteiger charge is 2.26. The van der Waals surface area contributed by atoms with E-state index in [2.05, 4.69) is 4.90 Å². The lowest BCUT2D eigenvalue weighted by Crippen LogP contribution is -2.23. The van der Waals surface area contributed by atoms with Gasteiger partial charge in [0.25, 0.3) is 0 Å². The SMILES string of the molecule is CC(O)C1CCN(Cc2ccco2)C1. The Labute approximate surface area is 84.3 Å². The van der Waals surface area contributed by atoms with Crippen molar-refractivity contribution in [2.75, 3.05) is 13.1 Å². The van der Waals surface area contributed by atoms with Gasteiger partial charge in [-0.05, 0) is 37.9 Å². The van der Waals surface area contributed by atoms with Gasteiger partial charge in [-0.25, -0.2) is 0 Å². The second-order valence-corrected chi connectivity index (χ2v) is 4.10. The molecular formula is C11H17NO2. The van der Waals surface area contributed by atoms with Crippen LogP contribution in [0.1, 0.15) is 19.1 Å². The summed E-state index contributed by atoms with van der Waals surface area (Å²) in [5, 5.41) is 9.45. The molecule has 1 aliphatic heterocycles. The van der Waals surface area contributed by atoms with E-state index in [1.165, 1.54) is 0 Å². The van der Waals surface area contributed by atoms with Gasteiger partial charge in [-0.2, -0.15) is 0 Å². The average Bonchev–Trinajstić information content (AvgIpc) is 2.75. The van der Waals surface area contributed by atoms with Gasteiger partial charge in [-0.15, -0.1) is 0 Å². The maximum Gasteiger partial charge on any atom is 0.117 e. The van der Waals surface area contributed by atoms with Crippen LogP contribution in [0.15, 0.2) is 22.8 Å². The zero-order chi connectivity index (χ0) is 9.97. The van der Waals surface area contributed by atoms with E-state index >= 15 is 0 Å². The van der Waals surface area contributed by atoms with Crippen LogP contribution in [0, 0.1) is 5.92 Å². The van der Waals surface area contributed by atoms with Gasteiger partial charge in [0, 0.05) is 6.54 Å². The molecule has 1 fully saturated rings. The highest BCUT2D eigenvalue weighted by Crippen LogP contribution is 2.21. The van der Waals surface area contributed by atoms with Crippen molar-refractivity contribution < 1.29 is 9.52 Å². The molecule has 2 heterocycles. The van der Waals surface area contributed by atoms with Crippen LogP contribution < -0.4 is 0 Å². The lowest BCUT2D eigenvalue weighted by Gasteiger charge is -2.15. The lowest BCUT2D eigenvalue weighted by molar-refractivity contribution is 0.126. The quantitative estimate of drug-likeness (QED) is 0.793. The molecule has 0 bridgehead atoms. The molecule has 0 radical (unpaired) electrons. The molecule has 0 aliphatic carbocycles. The minimum absolute atomic E-state index is 0.184. The molecule has 1 N–H and O–H groups in total. The van der Waals surface area contributed by atoms with Crippen molar-refractivity contribution in [2.24, 2.45) is 5.92 Å². The fraction of sp³-hybridized carbons (Fsp3) is 0.636. The average molecular weight is 195 g/mol. The molecular weight excluding hydrogens is 178 g/mol. The van der Waals surface area contributed by atoms with Crippen LogP contribution in [0.3, 0.4) is 0 Å². The molecule has 0 spiro atoms. The minimum Gasteiger partial charge on any atom is -0.468 e. The van der Waals surface area contributed by atoms with Crippen molar-refractivity contribution in [3.63, 3.8) is 0 Å². The van der Waals surface area contributed by atoms with E-state index in [1.54, 1.807) is 6.26 Å². The molecule has 3 heteroatoms. The van der Waals surface area contributed by atoms with Crippen LogP contribution in [-0.4, -0.2) is 29.2 Å². The van der Waals surface area contributed by atoms with E-state index in [1.807, 2.05) is 19.1 Å². The summed E-state index contributed by atoms with van der Waals surface area (Å²) in [5.41, 5.74) is 0. The zero-order valence-corrected chi connectivity index (χ0v) is 8.52. The third kappa shape index (κ3) is 2.16. The molecule has 78 valence electrons. The maximum atomic E-state index is 9.45. The largest absolute Gasteiger partial charge is 0.468 e. The normalized spacial score (nSPS) is 25.4. The Hall–Kier alpha value is -0.800. The summed E-state index contributed by atoms with van der Waals surface area (Å²) in [5.74, 6) is 1.45. The van der Waals surface area contributed by atoms with Crippen LogP contribution in [0.4, 0.5) is 0 Å². The fourth-order valence-electron chi connectivity index (χ4n) is 2.02. The van der Waals surface area contributed by atoms with E-state index in [0.29, 0.717) is 5.92 Å². The molecule has 0 saturated carbocycles. The predicted octanol–water partition coefficient (Wildman–Crippen LogP) is 1.48. The minimum atomic E-state index is -0.184. The maximum absolute atomic E-state index is 9.45. The smallest absolute Gasteiger partial charge is 0.117 e. The van der Waals surface area contributed by atoms with E-state index < -0.39 is 0 Å². The first-order chi connectivity index (χ1) is 6.75. The van der Waals surface area contributed by atoms with Gasteiger partial charge >= 0.3 is 0 Å². The number of aliphatic hydroxyl groups is 1. The van der Waals surface area contributed by atoms with E-state index in [4.69, 9.17) is 4.42 Å². The van der Waals surface area contributed by atoms with Gasteiger partial charge in [0.05, 0.1) is 18.9 Å². The van der Waals surface area contributed by atoms with Crippen LogP contribution >= 0.6 is 0 Å². The van der Waals surface area contributed by atoms with Gasteiger partial charge in [0.15, 0.2) is 0 Å². The summed E-state index contributed by atoms with van der Waals surface area (Å²) in [6.45, 7) is 4.80. The van der Waals surface area contributed by atoms with Gasteiger partial charge in [0.1, 0.15) is 5.76 Å². The van der Waals surface area contributed by atoms with Gasteiger partial charge in [-0.1, -0.05) is 0 Å². The fourth-order valence-corrected chi connectivity index (χ4v) is 2.02. The topological polar surface area (TPSA) is 36.6 Å². The number of likely N-dealkylation sites (tertiary alicyclic amines) is 1. The molecule has 1 aromatic rings. The molecule has 2 atom stereocenters. The Morgan fingerprint density at radius 2 is 2.57 bits per heavy atom. The van der Waals surface area contributed by atoms with Gasteiger partial charge in [0.2, 0.25) is 0 Å². The van der Waals surface area contributed by atoms with Crippen LogP contribution in [0.25, 0.3) is 0 Å². The molecule has 0 amide bonds. The number of rotatable bonds is 3. The van der Waals surface area contributed by atoms with Crippen molar-refractivity contribution in [2.45, 2.75) is 26.0 Å². The highest BCUT2D eigenvalue weighted by molar-refractivity contribution is 4.98. The molecule has 3 nitrogen and oxygen atoms in total. The first-order valence-corrected chi connectivity index (χ1v) is 5.18. The van der Waals surface area contributed by atoms with Crippen molar-refractivity contribution in [1.29, 1.82) is 0 Å². The number of aliphatic hydroxyl groups excluding tert-OH is 1. The summed E-state index contributed by atoms with van der Waals surface area (Å²) >= 11 is 0.